The number of hydrogen-bond donors (Lipinski definition) is 0. The zero-order valence-electron chi connectivity index (χ0n) is 13.5. The van der Waals surface area contributed by atoms with Crippen molar-refractivity contribution in [1.29, 1.82) is 0 Å². The molecule has 0 atom stereocenters. The van der Waals surface area contributed by atoms with Gasteiger partial charge in [-0.2, -0.15) is 0 Å². The van der Waals surface area contributed by atoms with E-state index in [4.69, 9.17) is 14.3 Å². The van der Waals surface area contributed by atoms with E-state index in [1.54, 1.807) is 4.90 Å². The summed E-state index contributed by atoms with van der Waals surface area (Å²) in [5, 5.41) is 4.04. The van der Waals surface area contributed by atoms with E-state index in [0.717, 1.165) is 19.3 Å². The molecule has 0 aromatic rings. The van der Waals surface area contributed by atoms with Crippen LogP contribution in [-0.4, -0.2) is 47.8 Å². The van der Waals surface area contributed by atoms with Crippen molar-refractivity contribution in [2.24, 2.45) is 5.16 Å². The fourth-order valence-corrected chi connectivity index (χ4v) is 2.48. The molecule has 0 aromatic heterocycles. The molecule has 0 aliphatic carbocycles. The molecule has 1 amide bonds. The number of hydrogen-bond acceptors (Lipinski definition) is 5. The van der Waals surface area contributed by atoms with E-state index in [1.807, 2.05) is 20.8 Å². The SMILES string of the molecule is CCCOC1=NOC2(CCN(C(=O)OC(C)(C)C)CC2)C1. The molecule has 1 spiro atoms. The van der Waals surface area contributed by atoms with Crippen molar-refractivity contribution in [2.75, 3.05) is 19.7 Å². The van der Waals surface area contributed by atoms with E-state index in [9.17, 15) is 4.79 Å². The van der Waals surface area contributed by atoms with Crippen LogP contribution in [0.5, 0.6) is 0 Å². The number of likely N-dealkylation sites (tertiary alicyclic amines) is 1. The first-order valence-electron chi connectivity index (χ1n) is 7.69. The van der Waals surface area contributed by atoms with Gasteiger partial charge in [0.2, 0.25) is 5.90 Å². The van der Waals surface area contributed by atoms with Gasteiger partial charge in [0.15, 0.2) is 0 Å². The van der Waals surface area contributed by atoms with Gasteiger partial charge in [-0.3, -0.25) is 0 Å². The Hall–Kier alpha value is -1.46. The molecule has 0 N–H and O–H groups in total. The fourth-order valence-electron chi connectivity index (χ4n) is 2.48. The molecule has 0 radical (unpaired) electrons. The van der Waals surface area contributed by atoms with Crippen LogP contribution in [0.25, 0.3) is 0 Å². The van der Waals surface area contributed by atoms with Crippen molar-refractivity contribution in [1.82, 2.24) is 4.90 Å². The summed E-state index contributed by atoms with van der Waals surface area (Å²) in [4.78, 5) is 19.4. The molecular formula is C15H26N2O4. The number of carbonyl (C=O) groups excluding carboxylic acids is 1. The number of amides is 1. The quantitative estimate of drug-likeness (QED) is 0.786. The molecule has 120 valence electrons. The molecule has 0 aromatic carbocycles. The Labute approximate surface area is 126 Å². The Morgan fingerprint density at radius 2 is 2.05 bits per heavy atom. The number of carbonyl (C=O) groups is 1. The normalized spacial score (nSPS) is 21.0. The fraction of sp³-hybridized carbons (Fsp3) is 0.867. The molecule has 2 aliphatic rings. The maximum Gasteiger partial charge on any atom is 0.410 e. The van der Waals surface area contributed by atoms with Gasteiger partial charge < -0.3 is 19.2 Å². The molecule has 21 heavy (non-hydrogen) atoms. The highest BCUT2D eigenvalue weighted by Gasteiger charge is 2.44. The molecule has 0 saturated carbocycles. The highest BCUT2D eigenvalue weighted by atomic mass is 16.7. The van der Waals surface area contributed by atoms with Crippen LogP contribution in [-0.2, 0) is 14.3 Å². The maximum absolute atomic E-state index is 12.0. The van der Waals surface area contributed by atoms with Crippen LogP contribution in [0.3, 0.4) is 0 Å². The van der Waals surface area contributed by atoms with E-state index in [2.05, 4.69) is 12.1 Å². The van der Waals surface area contributed by atoms with Crippen LogP contribution in [0.2, 0.25) is 0 Å². The summed E-state index contributed by atoms with van der Waals surface area (Å²) in [6, 6.07) is 0. The lowest BCUT2D eigenvalue weighted by atomic mass is 9.88. The highest BCUT2D eigenvalue weighted by molar-refractivity contribution is 5.78. The largest absolute Gasteiger partial charge is 0.479 e. The minimum atomic E-state index is -0.458. The van der Waals surface area contributed by atoms with Gasteiger partial charge in [0.05, 0.1) is 13.0 Å². The van der Waals surface area contributed by atoms with Crippen LogP contribution >= 0.6 is 0 Å². The second-order valence-corrected chi connectivity index (χ2v) is 6.75. The van der Waals surface area contributed by atoms with Crippen LogP contribution in [0.15, 0.2) is 5.16 Å². The van der Waals surface area contributed by atoms with Crippen LogP contribution < -0.4 is 0 Å². The molecule has 2 heterocycles. The second-order valence-electron chi connectivity index (χ2n) is 6.75. The third-order valence-electron chi connectivity index (χ3n) is 3.61. The lowest BCUT2D eigenvalue weighted by Crippen LogP contribution is -2.48. The van der Waals surface area contributed by atoms with Crippen molar-refractivity contribution < 1.29 is 19.1 Å². The molecule has 1 fully saturated rings. The Balaban J connectivity index is 1.80. The van der Waals surface area contributed by atoms with Gasteiger partial charge in [-0.05, 0) is 27.2 Å². The van der Waals surface area contributed by atoms with E-state index in [0.29, 0.717) is 32.0 Å². The number of rotatable bonds is 2. The lowest BCUT2D eigenvalue weighted by Gasteiger charge is -2.37. The minimum absolute atomic E-state index is 0.251. The van der Waals surface area contributed by atoms with Gasteiger partial charge in [-0.15, -0.1) is 0 Å². The summed E-state index contributed by atoms with van der Waals surface area (Å²) in [7, 11) is 0. The van der Waals surface area contributed by atoms with Crippen molar-refractivity contribution in [3.05, 3.63) is 0 Å². The standard InChI is InChI=1S/C15H26N2O4/c1-5-10-19-12-11-15(21-16-12)6-8-17(9-7-15)13(18)20-14(2,3)4/h5-11H2,1-4H3. The zero-order chi connectivity index (χ0) is 15.5. The summed E-state index contributed by atoms with van der Waals surface area (Å²) in [5.41, 5.74) is -0.748. The van der Waals surface area contributed by atoms with Crippen LogP contribution in [0.4, 0.5) is 4.79 Å². The van der Waals surface area contributed by atoms with E-state index < -0.39 is 5.60 Å². The number of oxime groups is 1. The monoisotopic (exact) mass is 298 g/mol. The molecule has 2 aliphatic heterocycles. The Morgan fingerprint density at radius 3 is 2.62 bits per heavy atom. The average molecular weight is 298 g/mol. The van der Waals surface area contributed by atoms with Gasteiger partial charge >= 0.3 is 6.09 Å². The predicted octanol–water partition coefficient (Wildman–Crippen LogP) is 2.92. The van der Waals surface area contributed by atoms with Crippen LogP contribution in [0, 0.1) is 0 Å². The minimum Gasteiger partial charge on any atom is -0.479 e. The summed E-state index contributed by atoms with van der Waals surface area (Å²) in [6.07, 6.45) is 2.93. The topological polar surface area (TPSA) is 60.4 Å². The summed E-state index contributed by atoms with van der Waals surface area (Å²) < 4.78 is 10.9. The molecule has 6 heteroatoms. The van der Waals surface area contributed by atoms with Gasteiger partial charge in [0.25, 0.3) is 0 Å². The zero-order valence-corrected chi connectivity index (χ0v) is 13.5. The van der Waals surface area contributed by atoms with Gasteiger partial charge in [0, 0.05) is 25.9 Å². The summed E-state index contributed by atoms with van der Waals surface area (Å²) in [5.74, 6) is 0.683. The Bertz CT molecular complexity index is 406. The van der Waals surface area contributed by atoms with Crippen molar-refractivity contribution in [3.8, 4) is 0 Å². The van der Waals surface area contributed by atoms with Crippen molar-refractivity contribution in [3.63, 3.8) is 0 Å². The molecule has 6 nitrogen and oxygen atoms in total. The van der Waals surface area contributed by atoms with E-state index in [1.165, 1.54) is 0 Å². The first-order valence-corrected chi connectivity index (χ1v) is 7.69. The molecule has 1 saturated heterocycles. The average Bonchev–Trinajstić information content (AvgIpc) is 2.78. The van der Waals surface area contributed by atoms with Crippen molar-refractivity contribution in [2.45, 2.75) is 64.6 Å². The predicted molar refractivity (Wildman–Crippen MR) is 79.2 cm³/mol. The van der Waals surface area contributed by atoms with E-state index in [-0.39, 0.29) is 11.7 Å². The Kier molecular flexibility index (Phi) is 4.64. The smallest absolute Gasteiger partial charge is 0.410 e. The van der Waals surface area contributed by atoms with E-state index >= 15 is 0 Å². The molecular weight excluding hydrogens is 272 g/mol. The van der Waals surface area contributed by atoms with Crippen LogP contribution in [0.1, 0.15) is 53.4 Å². The number of piperidine rings is 1. The molecule has 0 unspecified atom stereocenters. The highest BCUT2D eigenvalue weighted by Crippen LogP contribution is 2.35. The first-order chi connectivity index (χ1) is 9.84. The lowest BCUT2D eigenvalue weighted by molar-refractivity contribution is -0.0639. The number of ether oxygens (including phenoxy) is 2. The summed E-state index contributed by atoms with van der Waals surface area (Å²) >= 11 is 0. The molecule has 0 bridgehead atoms. The van der Waals surface area contributed by atoms with Gasteiger partial charge in [-0.1, -0.05) is 12.1 Å². The maximum atomic E-state index is 12.0. The molecule has 2 rings (SSSR count). The van der Waals surface area contributed by atoms with Crippen molar-refractivity contribution >= 4 is 12.0 Å². The third kappa shape index (κ3) is 4.25. The second kappa shape index (κ2) is 6.12. The number of nitrogens with zero attached hydrogens (tertiary/aromatic N) is 2. The first kappa shape index (κ1) is 15.9. The van der Waals surface area contributed by atoms with Gasteiger partial charge in [0.1, 0.15) is 11.2 Å². The van der Waals surface area contributed by atoms with Gasteiger partial charge in [-0.25, -0.2) is 4.79 Å². The third-order valence-corrected chi connectivity index (χ3v) is 3.61. The Morgan fingerprint density at radius 1 is 1.38 bits per heavy atom. The summed E-state index contributed by atoms with van der Waals surface area (Å²) in [6.45, 7) is 9.62.